The maximum absolute atomic E-state index is 13.0. The van der Waals surface area contributed by atoms with Crippen LogP contribution in [0.3, 0.4) is 0 Å². The minimum atomic E-state index is -0.748. The van der Waals surface area contributed by atoms with E-state index < -0.39 is 6.10 Å². The van der Waals surface area contributed by atoms with Crippen molar-refractivity contribution in [3.05, 3.63) is 69.2 Å². The molecule has 0 radical (unpaired) electrons. The van der Waals surface area contributed by atoms with E-state index in [0.29, 0.717) is 22.0 Å². The van der Waals surface area contributed by atoms with Crippen LogP contribution in [0.2, 0.25) is 0 Å². The maximum atomic E-state index is 13.0. The molecule has 0 aliphatic carbocycles. The number of aliphatic hydroxyl groups is 1. The van der Waals surface area contributed by atoms with E-state index in [1.165, 1.54) is 24.3 Å². The molecule has 2 aromatic carbocycles. The molecule has 1 atom stereocenters. The van der Waals surface area contributed by atoms with E-state index in [1.807, 2.05) is 0 Å². The third-order valence-corrected chi connectivity index (χ3v) is 3.76. The number of halogens is 3. The van der Waals surface area contributed by atoms with Crippen molar-refractivity contribution in [1.82, 2.24) is 0 Å². The molecule has 0 amide bonds. The number of hydrogen-bond donors (Lipinski definition) is 1. The van der Waals surface area contributed by atoms with E-state index in [9.17, 15) is 13.9 Å². The van der Waals surface area contributed by atoms with Gasteiger partial charge in [-0.3, -0.25) is 0 Å². The molecule has 1 N–H and O–H groups in total. The summed E-state index contributed by atoms with van der Waals surface area (Å²) in [6, 6.07) is 8.63. The van der Waals surface area contributed by atoms with Crippen LogP contribution < -0.4 is 0 Å². The topological polar surface area (TPSA) is 20.2 Å². The fraction of sp³-hybridized carbons (Fsp3) is 0.200. The lowest BCUT2D eigenvalue weighted by Gasteiger charge is -2.15. The van der Waals surface area contributed by atoms with Gasteiger partial charge in [0.05, 0.1) is 6.10 Å². The lowest BCUT2D eigenvalue weighted by Crippen LogP contribution is -2.05. The Hall–Kier alpha value is -1.26. The van der Waals surface area contributed by atoms with E-state index >= 15 is 0 Å². The summed E-state index contributed by atoms with van der Waals surface area (Å²) in [5.74, 6) is -0.653. The van der Waals surface area contributed by atoms with Gasteiger partial charge in [0, 0.05) is 10.9 Å². The first kappa shape index (κ1) is 14.2. The molecule has 19 heavy (non-hydrogen) atoms. The first-order valence-electron chi connectivity index (χ1n) is 5.85. The van der Waals surface area contributed by atoms with Gasteiger partial charge < -0.3 is 5.11 Å². The van der Waals surface area contributed by atoms with Gasteiger partial charge >= 0.3 is 0 Å². The van der Waals surface area contributed by atoms with Gasteiger partial charge in [0.1, 0.15) is 11.6 Å². The van der Waals surface area contributed by atoms with Crippen LogP contribution in [0.1, 0.15) is 22.8 Å². The minimum Gasteiger partial charge on any atom is -0.388 e. The lowest BCUT2D eigenvalue weighted by atomic mass is 9.97. The maximum Gasteiger partial charge on any atom is 0.124 e. The fourth-order valence-electron chi connectivity index (χ4n) is 2.02. The van der Waals surface area contributed by atoms with Crippen molar-refractivity contribution >= 4 is 15.9 Å². The molecule has 0 bridgehead atoms. The Balaban J connectivity index is 2.23. The number of aliphatic hydroxyl groups excluding tert-OH is 1. The minimum absolute atomic E-state index is 0.323. The van der Waals surface area contributed by atoms with Crippen molar-refractivity contribution in [1.29, 1.82) is 0 Å². The Kier molecular flexibility index (Phi) is 4.32. The predicted molar refractivity (Wildman–Crippen MR) is 73.9 cm³/mol. The van der Waals surface area contributed by atoms with Crippen molar-refractivity contribution in [3.63, 3.8) is 0 Å². The average Bonchev–Trinajstić information content (AvgIpc) is 2.32. The van der Waals surface area contributed by atoms with Crippen molar-refractivity contribution < 1.29 is 13.9 Å². The average molecular weight is 327 g/mol. The SMILES string of the molecule is Cc1cc(F)ccc1C(O)Cc1ccc(F)cc1Br. The van der Waals surface area contributed by atoms with Gasteiger partial charge in [-0.15, -0.1) is 0 Å². The molecule has 2 aromatic rings. The largest absolute Gasteiger partial charge is 0.388 e. The quantitative estimate of drug-likeness (QED) is 0.891. The van der Waals surface area contributed by atoms with Crippen molar-refractivity contribution in [3.8, 4) is 0 Å². The molecule has 1 unspecified atom stereocenters. The second kappa shape index (κ2) is 5.80. The second-order valence-electron chi connectivity index (χ2n) is 4.46. The molecule has 0 fully saturated rings. The summed E-state index contributed by atoms with van der Waals surface area (Å²) in [5, 5.41) is 10.2. The summed E-state index contributed by atoms with van der Waals surface area (Å²) in [7, 11) is 0. The summed E-state index contributed by atoms with van der Waals surface area (Å²) >= 11 is 3.27. The predicted octanol–water partition coefficient (Wildman–Crippen LogP) is 4.31. The first-order valence-corrected chi connectivity index (χ1v) is 6.64. The Morgan fingerprint density at radius 2 is 1.74 bits per heavy atom. The van der Waals surface area contributed by atoms with E-state index in [0.717, 1.165) is 5.56 Å². The van der Waals surface area contributed by atoms with Crippen LogP contribution in [-0.2, 0) is 6.42 Å². The number of hydrogen-bond acceptors (Lipinski definition) is 1. The summed E-state index contributed by atoms with van der Waals surface area (Å²) in [4.78, 5) is 0. The molecule has 4 heteroatoms. The fourth-order valence-corrected chi connectivity index (χ4v) is 2.53. The van der Waals surface area contributed by atoms with Crippen molar-refractivity contribution in [2.45, 2.75) is 19.4 Å². The molecular formula is C15H13BrF2O. The highest BCUT2D eigenvalue weighted by Gasteiger charge is 2.13. The van der Waals surface area contributed by atoms with Crippen LogP contribution in [0, 0.1) is 18.6 Å². The lowest BCUT2D eigenvalue weighted by molar-refractivity contribution is 0.177. The van der Waals surface area contributed by atoms with E-state index in [4.69, 9.17) is 0 Å². The molecule has 0 aliphatic heterocycles. The summed E-state index contributed by atoms with van der Waals surface area (Å²) < 4.78 is 26.6. The zero-order chi connectivity index (χ0) is 14.0. The van der Waals surface area contributed by atoms with Crippen molar-refractivity contribution in [2.24, 2.45) is 0 Å². The van der Waals surface area contributed by atoms with E-state index in [-0.39, 0.29) is 11.6 Å². The Bertz CT molecular complexity index is 599. The van der Waals surface area contributed by atoms with Crippen LogP contribution in [0.25, 0.3) is 0 Å². The van der Waals surface area contributed by atoms with Gasteiger partial charge in [-0.25, -0.2) is 8.78 Å². The van der Waals surface area contributed by atoms with Crippen LogP contribution in [0.5, 0.6) is 0 Å². The molecule has 0 spiro atoms. The van der Waals surface area contributed by atoms with Gasteiger partial charge in [0.25, 0.3) is 0 Å². The molecule has 0 aromatic heterocycles. The first-order chi connectivity index (χ1) is 8.97. The standard InChI is InChI=1S/C15H13BrF2O/c1-9-6-11(17)4-5-13(9)15(19)7-10-2-3-12(18)8-14(10)16/h2-6,8,15,19H,7H2,1H3. The number of aryl methyl sites for hydroxylation is 1. The molecular weight excluding hydrogens is 314 g/mol. The van der Waals surface area contributed by atoms with Gasteiger partial charge in [0.15, 0.2) is 0 Å². The van der Waals surface area contributed by atoms with Crippen molar-refractivity contribution in [2.75, 3.05) is 0 Å². The molecule has 0 saturated heterocycles. The Morgan fingerprint density at radius 3 is 2.37 bits per heavy atom. The molecule has 0 saturated carbocycles. The van der Waals surface area contributed by atoms with Crippen LogP contribution in [-0.4, -0.2) is 5.11 Å². The van der Waals surface area contributed by atoms with Crippen LogP contribution in [0.4, 0.5) is 8.78 Å². The molecule has 0 aliphatic rings. The third kappa shape index (κ3) is 3.39. The summed E-state index contributed by atoms with van der Waals surface area (Å²) in [6.07, 6.45) is -0.407. The highest BCUT2D eigenvalue weighted by molar-refractivity contribution is 9.10. The molecule has 1 nitrogen and oxygen atoms in total. The highest BCUT2D eigenvalue weighted by Crippen LogP contribution is 2.26. The zero-order valence-electron chi connectivity index (χ0n) is 10.3. The Labute approximate surface area is 119 Å². The van der Waals surface area contributed by atoms with Gasteiger partial charge in [-0.1, -0.05) is 28.1 Å². The number of rotatable bonds is 3. The Morgan fingerprint density at radius 1 is 1.11 bits per heavy atom. The molecule has 2 rings (SSSR count). The smallest absolute Gasteiger partial charge is 0.124 e. The van der Waals surface area contributed by atoms with Gasteiger partial charge in [-0.05, 0) is 47.9 Å². The number of benzene rings is 2. The van der Waals surface area contributed by atoms with E-state index in [1.54, 1.807) is 19.1 Å². The molecule has 0 heterocycles. The second-order valence-corrected chi connectivity index (χ2v) is 5.31. The highest BCUT2D eigenvalue weighted by atomic mass is 79.9. The third-order valence-electron chi connectivity index (χ3n) is 3.02. The zero-order valence-corrected chi connectivity index (χ0v) is 11.9. The summed E-state index contributed by atoms with van der Waals surface area (Å²) in [6.45, 7) is 1.75. The van der Waals surface area contributed by atoms with Gasteiger partial charge in [-0.2, -0.15) is 0 Å². The monoisotopic (exact) mass is 326 g/mol. The van der Waals surface area contributed by atoms with Crippen LogP contribution in [0.15, 0.2) is 40.9 Å². The van der Waals surface area contributed by atoms with Gasteiger partial charge in [0.2, 0.25) is 0 Å². The van der Waals surface area contributed by atoms with Crippen LogP contribution >= 0.6 is 15.9 Å². The normalized spacial score (nSPS) is 12.5. The van der Waals surface area contributed by atoms with E-state index in [2.05, 4.69) is 15.9 Å². The molecule has 100 valence electrons. The summed E-state index contributed by atoms with van der Waals surface area (Å²) in [5.41, 5.74) is 2.18.